The largest absolute Gasteiger partial charge is 0.336 e. The van der Waals surface area contributed by atoms with Crippen LogP contribution in [0.15, 0.2) is 36.5 Å². The molecule has 0 radical (unpaired) electrons. The molecule has 1 amide bonds. The third-order valence-corrected chi connectivity index (χ3v) is 6.43. The van der Waals surface area contributed by atoms with Gasteiger partial charge in [-0.1, -0.05) is 18.2 Å². The zero-order valence-corrected chi connectivity index (χ0v) is 14.7. The maximum atomic E-state index is 12.4. The topological polar surface area (TPSA) is 70.6 Å². The molecule has 2 fully saturated rings. The van der Waals surface area contributed by atoms with E-state index in [0.717, 1.165) is 5.69 Å². The number of amides is 1. The van der Waals surface area contributed by atoms with Gasteiger partial charge in [-0.2, -0.15) is 0 Å². The number of piperazine rings is 1. The van der Waals surface area contributed by atoms with Crippen LogP contribution in [-0.4, -0.2) is 65.8 Å². The van der Waals surface area contributed by atoms with Crippen LogP contribution in [0.1, 0.15) is 19.0 Å². The zero-order valence-electron chi connectivity index (χ0n) is 13.8. The number of hydrogen-bond donors (Lipinski definition) is 0. The minimum Gasteiger partial charge on any atom is -0.336 e. The van der Waals surface area contributed by atoms with Gasteiger partial charge in [-0.25, -0.2) is 8.42 Å². The monoisotopic (exact) mass is 349 g/mol. The minimum atomic E-state index is -3.11. The molecular weight excluding hydrogens is 326 g/mol. The Morgan fingerprint density at radius 2 is 2.08 bits per heavy atom. The molecule has 2 saturated heterocycles. The average molecular weight is 349 g/mol. The average Bonchev–Trinajstić information content (AvgIpc) is 2.89. The molecule has 0 aromatic carbocycles. The van der Waals surface area contributed by atoms with Crippen LogP contribution in [-0.2, 0) is 21.2 Å². The first kappa shape index (κ1) is 17.1. The third kappa shape index (κ3) is 3.67. The summed E-state index contributed by atoms with van der Waals surface area (Å²) < 4.78 is 24.4. The Hall–Kier alpha value is -1.73. The number of carbonyl (C=O) groups excluding carboxylic acids is 1. The number of nitrogens with zero attached hydrogens (tertiary/aromatic N) is 3. The molecule has 2 aliphatic rings. The molecule has 0 unspecified atom stereocenters. The predicted molar refractivity (Wildman–Crippen MR) is 92.0 cm³/mol. The van der Waals surface area contributed by atoms with E-state index >= 15 is 0 Å². The summed E-state index contributed by atoms with van der Waals surface area (Å²) in [6.45, 7) is 3.74. The zero-order chi connectivity index (χ0) is 17.2. The van der Waals surface area contributed by atoms with Crippen LogP contribution in [0.5, 0.6) is 0 Å². The van der Waals surface area contributed by atoms with E-state index in [-0.39, 0.29) is 29.5 Å². The molecule has 0 saturated carbocycles. The minimum absolute atomic E-state index is 0.0117. The van der Waals surface area contributed by atoms with E-state index in [2.05, 4.69) is 9.88 Å². The third-order valence-electron chi connectivity index (χ3n) is 4.73. The number of allylic oxidation sites excluding steroid dienone is 1. The highest BCUT2D eigenvalue weighted by Gasteiger charge is 2.47. The van der Waals surface area contributed by atoms with Crippen molar-refractivity contribution in [1.82, 2.24) is 14.8 Å². The van der Waals surface area contributed by atoms with Gasteiger partial charge in [0, 0.05) is 38.3 Å². The van der Waals surface area contributed by atoms with Crippen LogP contribution in [0.4, 0.5) is 0 Å². The van der Waals surface area contributed by atoms with Crippen LogP contribution >= 0.6 is 0 Å². The summed E-state index contributed by atoms with van der Waals surface area (Å²) >= 11 is 0. The Bertz CT molecular complexity index is 718. The van der Waals surface area contributed by atoms with Crippen LogP contribution in [0.25, 0.3) is 0 Å². The van der Waals surface area contributed by atoms with Crippen molar-refractivity contribution < 1.29 is 13.2 Å². The summed E-state index contributed by atoms with van der Waals surface area (Å²) in [5.74, 6) is 0.202. The first-order valence-electron chi connectivity index (χ1n) is 8.25. The first-order chi connectivity index (χ1) is 11.5. The second-order valence-electron chi connectivity index (χ2n) is 6.36. The molecule has 3 heterocycles. The molecule has 1 aromatic heterocycles. The van der Waals surface area contributed by atoms with E-state index in [1.165, 1.54) is 0 Å². The van der Waals surface area contributed by atoms with Gasteiger partial charge < -0.3 is 4.90 Å². The highest BCUT2D eigenvalue weighted by molar-refractivity contribution is 7.91. The van der Waals surface area contributed by atoms with Gasteiger partial charge in [-0.15, -0.1) is 0 Å². The molecule has 2 aliphatic heterocycles. The van der Waals surface area contributed by atoms with E-state index in [4.69, 9.17) is 0 Å². The van der Waals surface area contributed by atoms with E-state index in [9.17, 15) is 13.2 Å². The van der Waals surface area contributed by atoms with Crippen molar-refractivity contribution >= 4 is 15.7 Å². The second-order valence-corrected chi connectivity index (χ2v) is 8.52. The molecule has 130 valence electrons. The van der Waals surface area contributed by atoms with Gasteiger partial charge in [0.05, 0.1) is 23.2 Å². The maximum Gasteiger partial charge on any atom is 0.226 e. The summed E-state index contributed by atoms with van der Waals surface area (Å²) in [4.78, 5) is 20.7. The summed E-state index contributed by atoms with van der Waals surface area (Å²) in [6.07, 6.45) is 5.74. The first-order valence-corrected chi connectivity index (χ1v) is 10.1. The van der Waals surface area contributed by atoms with Crippen molar-refractivity contribution in [1.29, 1.82) is 0 Å². The second kappa shape index (κ2) is 7.03. The molecular formula is C17H23N3O3S. The van der Waals surface area contributed by atoms with Crippen molar-refractivity contribution in [3.05, 3.63) is 42.2 Å². The van der Waals surface area contributed by atoms with E-state index in [0.29, 0.717) is 26.1 Å². The van der Waals surface area contributed by atoms with Gasteiger partial charge in [-0.05, 0) is 19.1 Å². The number of carbonyl (C=O) groups is 1. The van der Waals surface area contributed by atoms with Gasteiger partial charge >= 0.3 is 0 Å². The lowest BCUT2D eigenvalue weighted by Gasteiger charge is -2.43. The Balaban J connectivity index is 1.78. The lowest BCUT2D eigenvalue weighted by atomic mass is 10.0. The Morgan fingerprint density at radius 3 is 2.79 bits per heavy atom. The predicted octanol–water partition coefficient (Wildman–Crippen LogP) is 0.858. The maximum absolute atomic E-state index is 12.4. The van der Waals surface area contributed by atoms with E-state index < -0.39 is 9.84 Å². The number of pyridine rings is 1. The summed E-state index contributed by atoms with van der Waals surface area (Å²) in [6, 6.07) is 5.36. The van der Waals surface area contributed by atoms with Crippen LogP contribution in [0.2, 0.25) is 0 Å². The molecule has 24 heavy (non-hydrogen) atoms. The molecule has 0 N–H and O–H groups in total. The van der Waals surface area contributed by atoms with Crippen LogP contribution < -0.4 is 0 Å². The molecule has 0 aliphatic carbocycles. The smallest absolute Gasteiger partial charge is 0.226 e. The highest BCUT2D eigenvalue weighted by atomic mass is 32.2. The quantitative estimate of drug-likeness (QED) is 0.754. The molecule has 6 nitrogen and oxygen atoms in total. The molecule has 1 aromatic rings. The lowest BCUT2D eigenvalue weighted by molar-refractivity contribution is -0.136. The number of hydrogen-bond acceptors (Lipinski definition) is 5. The molecule has 0 bridgehead atoms. The number of fused-ring (bicyclic) bond motifs is 1. The standard InChI is InChI=1S/C17H23N3O3S/c1-2-3-7-17(21)20-10-9-19(11-14-6-4-5-8-18-14)15-12-24(22,23)13-16(15)20/h2-6,8,15-16H,7,9-13H2,1H3/b3-2+/t15-,16+/m1/s1. The SMILES string of the molecule is C/C=C/CC(=O)N1CCN(Cc2ccccn2)[C@@H]2CS(=O)(=O)C[C@@H]21. The van der Waals surface area contributed by atoms with Crippen molar-refractivity contribution in [2.24, 2.45) is 0 Å². The van der Waals surface area contributed by atoms with Crippen molar-refractivity contribution in [3.8, 4) is 0 Å². The molecule has 7 heteroatoms. The summed E-state index contributed by atoms with van der Waals surface area (Å²) in [5.41, 5.74) is 0.925. The normalized spacial score (nSPS) is 26.6. The summed E-state index contributed by atoms with van der Waals surface area (Å²) in [7, 11) is -3.11. The van der Waals surface area contributed by atoms with Crippen molar-refractivity contribution in [2.75, 3.05) is 24.6 Å². The van der Waals surface area contributed by atoms with Crippen molar-refractivity contribution in [2.45, 2.75) is 32.0 Å². The van der Waals surface area contributed by atoms with Gasteiger partial charge in [0.1, 0.15) is 0 Å². The summed E-state index contributed by atoms with van der Waals surface area (Å²) in [5, 5.41) is 0. The Morgan fingerprint density at radius 1 is 1.29 bits per heavy atom. The lowest BCUT2D eigenvalue weighted by Crippen LogP contribution is -2.60. The van der Waals surface area contributed by atoms with Gasteiger partial charge in [0.25, 0.3) is 0 Å². The number of aromatic nitrogens is 1. The van der Waals surface area contributed by atoms with Crippen LogP contribution in [0, 0.1) is 0 Å². The van der Waals surface area contributed by atoms with Crippen LogP contribution in [0.3, 0.4) is 0 Å². The fourth-order valence-electron chi connectivity index (χ4n) is 3.57. The molecule has 0 spiro atoms. The number of rotatable bonds is 4. The Kier molecular flexibility index (Phi) is 5.01. The fourth-order valence-corrected chi connectivity index (χ4v) is 5.58. The Labute approximate surface area is 143 Å². The fraction of sp³-hybridized carbons (Fsp3) is 0.529. The molecule has 3 rings (SSSR count). The van der Waals surface area contributed by atoms with Gasteiger partial charge in [-0.3, -0.25) is 14.7 Å². The van der Waals surface area contributed by atoms with E-state index in [1.54, 1.807) is 11.1 Å². The van der Waals surface area contributed by atoms with Crippen molar-refractivity contribution in [3.63, 3.8) is 0 Å². The number of sulfone groups is 1. The van der Waals surface area contributed by atoms with Gasteiger partial charge in [0.2, 0.25) is 5.91 Å². The van der Waals surface area contributed by atoms with Gasteiger partial charge in [0.15, 0.2) is 9.84 Å². The van der Waals surface area contributed by atoms with E-state index in [1.807, 2.05) is 37.3 Å². The highest BCUT2D eigenvalue weighted by Crippen LogP contribution is 2.28. The molecule has 2 atom stereocenters.